The second kappa shape index (κ2) is 11.6. The van der Waals surface area contributed by atoms with E-state index in [4.69, 9.17) is 14.6 Å². The van der Waals surface area contributed by atoms with E-state index >= 15 is 0 Å². The van der Waals surface area contributed by atoms with Gasteiger partial charge < -0.3 is 19.9 Å². The number of ether oxygens (including phenoxy) is 2. The summed E-state index contributed by atoms with van der Waals surface area (Å²) < 4.78 is 67.2. The first-order valence-corrected chi connectivity index (χ1v) is 12.9. The molecule has 0 aromatic heterocycles. The first kappa shape index (κ1) is 27.9. The van der Waals surface area contributed by atoms with Crippen molar-refractivity contribution in [3.63, 3.8) is 0 Å². The maximum absolute atomic E-state index is 14.3. The van der Waals surface area contributed by atoms with Crippen molar-refractivity contribution in [3.05, 3.63) is 75.8 Å². The van der Waals surface area contributed by atoms with Crippen LogP contribution in [-0.4, -0.2) is 39.1 Å². The third kappa shape index (κ3) is 6.74. The number of carbonyl (C=O) groups is 2. The van der Waals surface area contributed by atoms with E-state index in [9.17, 15) is 26.8 Å². The second-order valence-corrected chi connectivity index (χ2v) is 10.0. The van der Waals surface area contributed by atoms with E-state index in [-0.39, 0.29) is 34.9 Å². The predicted molar refractivity (Wildman–Crippen MR) is 134 cm³/mol. The summed E-state index contributed by atoms with van der Waals surface area (Å²) in [5.74, 6) is -3.71. The van der Waals surface area contributed by atoms with E-state index in [1.54, 1.807) is 6.92 Å². The van der Waals surface area contributed by atoms with Gasteiger partial charge in [0.1, 0.15) is 16.5 Å². The van der Waals surface area contributed by atoms with Gasteiger partial charge in [0.25, 0.3) is 15.9 Å². The lowest BCUT2D eigenvalue weighted by molar-refractivity contribution is -0.136. The van der Waals surface area contributed by atoms with Crippen LogP contribution in [0.5, 0.6) is 17.2 Å². The van der Waals surface area contributed by atoms with Crippen LogP contribution in [0.4, 0.5) is 14.5 Å². The standard InChI is InChI=1S/C24H21BrF2N2O7S/c1-3-28-24(32)14-4-6-19(36-23-16(25)8-13(10-22(30)31)9-20(23)35-2)18(11-14)29-37(33,34)21-7-5-15(26)12-17(21)27/h4-9,11-12,29H,3,10H2,1-2H3,(H,28,32)(H,30,31). The molecule has 0 aliphatic heterocycles. The first-order chi connectivity index (χ1) is 17.4. The summed E-state index contributed by atoms with van der Waals surface area (Å²) in [6.07, 6.45) is -0.287. The third-order valence-corrected chi connectivity index (χ3v) is 6.85. The van der Waals surface area contributed by atoms with E-state index in [0.29, 0.717) is 22.6 Å². The maximum Gasteiger partial charge on any atom is 0.307 e. The number of carboxylic acid groups (broad SMARTS) is 1. The van der Waals surface area contributed by atoms with E-state index in [1.807, 2.05) is 0 Å². The quantitative estimate of drug-likeness (QED) is 0.308. The minimum absolute atomic E-state index is 0.0781. The van der Waals surface area contributed by atoms with Crippen molar-refractivity contribution in [2.45, 2.75) is 18.2 Å². The Kier molecular flexibility index (Phi) is 8.71. The number of halogens is 3. The number of carbonyl (C=O) groups excluding carboxylic acids is 1. The molecule has 1 amide bonds. The lowest BCUT2D eigenvalue weighted by Gasteiger charge is -2.18. The molecule has 9 nitrogen and oxygen atoms in total. The van der Waals surface area contributed by atoms with Crippen molar-refractivity contribution in [3.8, 4) is 17.2 Å². The number of rotatable bonds is 10. The Morgan fingerprint density at radius 3 is 2.41 bits per heavy atom. The molecule has 0 fully saturated rings. The van der Waals surface area contributed by atoms with Crippen LogP contribution in [0, 0.1) is 11.6 Å². The molecule has 3 rings (SSSR count). The zero-order chi connectivity index (χ0) is 27.3. The molecule has 37 heavy (non-hydrogen) atoms. The molecular weight excluding hydrogens is 578 g/mol. The van der Waals surface area contributed by atoms with Crippen molar-refractivity contribution >= 4 is 43.5 Å². The number of sulfonamides is 1. The fourth-order valence-corrected chi connectivity index (χ4v) is 4.95. The summed E-state index contributed by atoms with van der Waals surface area (Å²) in [6.45, 7) is 2.01. The molecule has 196 valence electrons. The number of benzene rings is 3. The zero-order valence-corrected chi connectivity index (χ0v) is 21.9. The Balaban J connectivity index is 2.09. The van der Waals surface area contributed by atoms with Crippen molar-refractivity contribution in [1.29, 1.82) is 0 Å². The Hall–Kier alpha value is -3.71. The Labute approximate surface area is 219 Å². The molecule has 0 aliphatic rings. The van der Waals surface area contributed by atoms with Gasteiger partial charge in [0.2, 0.25) is 0 Å². The van der Waals surface area contributed by atoms with Gasteiger partial charge in [0.05, 0.1) is 23.7 Å². The molecule has 0 bridgehead atoms. The smallest absolute Gasteiger partial charge is 0.307 e. The molecule has 0 saturated heterocycles. The van der Waals surface area contributed by atoms with E-state index in [2.05, 4.69) is 26.0 Å². The Morgan fingerprint density at radius 1 is 1.05 bits per heavy atom. The molecule has 13 heteroatoms. The lowest BCUT2D eigenvalue weighted by atomic mass is 10.1. The highest BCUT2D eigenvalue weighted by Gasteiger charge is 2.24. The Morgan fingerprint density at radius 2 is 1.78 bits per heavy atom. The average Bonchev–Trinajstić information content (AvgIpc) is 2.80. The highest BCUT2D eigenvalue weighted by molar-refractivity contribution is 9.10. The molecule has 0 radical (unpaired) electrons. The van der Waals surface area contributed by atoms with E-state index in [1.165, 1.54) is 37.4 Å². The number of methoxy groups -OCH3 is 1. The van der Waals surface area contributed by atoms with Crippen LogP contribution < -0.4 is 19.5 Å². The number of nitrogens with one attached hydrogen (secondary N) is 2. The van der Waals surface area contributed by atoms with Crippen LogP contribution in [0.15, 0.2) is 57.9 Å². The fraction of sp³-hybridized carbons (Fsp3) is 0.167. The number of hydrogen-bond donors (Lipinski definition) is 3. The molecule has 3 aromatic carbocycles. The van der Waals surface area contributed by atoms with Crippen molar-refractivity contribution in [1.82, 2.24) is 5.32 Å². The first-order valence-electron chi connectivity index (χ1n) is 10.6. The van der Waals surface area contributed by atoms with Crippen molar-refractivity contribution in [2.24, 2.45) is 0 Å². The van der Waals surface area contributed by atoms with Crippen LogP contribution in [0.25, 0.3) is 0 Å². The highest BCUT2D eigenvalue weighted by atomic mass is 79.9. The van der Waals surface area contributed by atoms with Crippen molar-refractivity contribution < 1.29 is 41.4 Å². The number of amides is 1. The summed E-state index contributed by atoms with van der Waals surface area (Å²) in [6, 6.07) is 8.82. The molecule has 0 saturated carbocycles. The summed E-state index contributed by atoms with van der Waals surface area (Å²) in [5.41, 5.74) is 0.258. The van der Waals surface area contributed by atoms with Gasteiger partial charge in [0, 0.05) is 18.2 Å². The van der Waals surface area contributed by atoms with Gasteiger partial charge in [-0.15, -0.1) is 0 Å². The second-order valence-electron chi connectivity index (χ2n) is 7.53. The number of aliphatic carboxylic acids is 1. The molecule has 0 unspecified atom stereocenters. The molecular formula is C24H21BrF2N2O7S. The molecule has 0 heterocycles. The fourth-order valence-electron chi connectivity index (χ4n) is 3.25. The molecule has 0 atom stereocenters. The summed E-state index contributed by atoms with van der Waals surface area (Å²) in [4.78, 5) is 22.6. The number of carboxylic acids is 1. The van der Waals surface area contributed by atoms with Gasteiger partial charge in [-0.3, -0.25) is 14.3 Å². The predicted octanol–water partition coefficient (Wildman–Crippen LogP) is 4.71. The van der Waals surface area contributed by atoms with Crippen LogP contribution in [0.1, 0.15) is 22.8 Å². The van der Waals surface area contributed by atoms with Crippen LogP contribution in [0.2, 0.25) is 0 Å². The molecule has 3 N–H and O–H groups in total. The number of hydrogen-bond acceptors (Lipinski definition) is 6. The van der Waals surface area contributed by atoms with Crippen LogP contribution >= 0.6 is 15.9 Å². The molecule has 3 aromatic rings. The number of anilines is 1. The largest absolute Gasteiger partial charge is 0.493 e. The van der Waals surface area contributed by atoms with Crippen LogP contribution in [-0.2, 0) is 21.2 Å². The summed E-state index contributed by atoms with van der Waals surface area (Å²) in [7, 11) is -3.26. The normalized spacial score (nSPS) is 11.1. The Bertz CT molecular complexity index is 1470. The van der Waals surface area contributed by atoms with Gasteiger partial charge in [0.15, 0.2) is 17.2 Å². The third-order valence-electron chi connectivity index (χ3n) is 4.86. The van der Waals surface area contributed by atoms with Gasteiger partial charge in [-0.2, -0.15) is 0 Å². The van der Waals surface area contributed by atoms with Crippen molar-refractivity contribution in [2.75, 3.05) is 18.4 Å². The topological polar surface area (TPSA) is 131 Å². The van der Waals surface area contributed by atoms with Gasteiger partial charge in [-0.25, -0.2) is 17.2 Å². The zero-order valence-electron chi connectivity index (χ0n) is 19.5. The van der Waals surface area contributed by atoms with E-state index < -0.39 is 38.4 Å². The monoisotopic (exact) mass is 598 g/mol. The minimum atomic E-state index is -4.59. The maximum atomic E-state index is 14.3. The minimum Gasteiger partial charge on any atom is -0.493 e. The van der Waals surface area contributed by atoms with Gasteiger partial charge in [-0.1, -0.05) is 0 Å². The van der Waals surface area contributed by atoms with Gasteiger partial charge in [-0.05, 0) is 70.9 Å². The molecule has 0 aliphatic carbocycles. The van der Waals surface area contributed by atoms with Crippen LogP contribution in [0.3, 0.4) is 0 Å². The highest BCUT2D eigenvalue weighted by Crippen LogP contribution is 2.42. The van der Waals surface area contributed by atoms with E-state index in [0.717, 1.165) is 12.1 Å². The SMILES string of the molecule is CCNC(=O)c1ccc(Oc2c(Br)cc(CC(=O)O)cc2OC)c(NS(=O)(=O)c2ccc(F)cc2F)c1. The average molecular weight is 599 g/mol. The lowest BCUT2D eigenvalue weighted by Crippen LogP contribution is -2.23. The summed E-state index contributed by atoms with van der Waals surface area (Å²) >= 11 is 3.30. The summed E-state index contributed by atoms with van der Waals surface area (Å²) in [5, 5.41) is 11.7. The molecule has 0 spiro atoms. The van der Waals surface area contributed by atoms with Gasteiger partial charge >= 0.3 is 5.97 Å².